The second-order valence-electron chi connectivity index (χ2n) is 3.04. The minimum absolute atomic E-state index is 0.359. The van der Waals surface area contributed by atoms with Crippen LogP contribution in [0.5, 0.6) is 5.75 Å². The van der Waals surface area contributed by atoms with Crippen LogP contribution in [0, 0.1) is 0 Å². The summed E-state index contributed by atoms with van der Waals surface area (Å²) in [4.78, 5) is 11.1. The molecule has 0 saturated carbocycles. The highest BCUT2D eigenvalue weighted by Crippen LogP contribution is 2.25. The van der Waals surface area contributed by atoms with Gasteiger partial charge in [0.05, 0.1) is 17.2 Å². The summed E-state index contributed by atoms with van der Waals surface area (Å²) in [6.45, 7) is 3.82. The molecule has 0 fully saturated rings. The lowest BCUT2D eigenvalue weighted by molar-refractivity contribution is -0.137. The van der Waals surface area contributed by atoms with Crippen molar-refractivity contribution in [3.8, 4) is 5.75 Å². The molecular formula is C12H13BrO3. The van der Waals surface area contributed by atoms with Crippen molar-refractivity contribution < 1.29 is 14.3 Å². The van der Waals surface area contributed by atoms with E-state index in [1.54, 1.807) is 13.8 Å². The molecule has 0 saturated heterocycles. The molecule has 0 amide bonds. The van der Waals surface area contributed by atoms with E-state index in [4.69, 9.17) is 9.47 Å². The molecule has 0 N–H and O–H groups in total. The highest BCUT2D eigenvalue weighted by Gasteiger charge is 2.03. The van der Waals surface area contributed by atoms with E-state index >= 15 is 0 Å². The van der Waals surface area contributed by atoms with Crippen LogP contribution < -0.4 is 4.74 Å². The third kappa shape index (κ3) is 4.06. The Balaban J connectivity index is 2.67. The van der Waals surface area contributed by atoms with Crippen LogP contribution in [0.3, 0.4) is 0 Å². The first-order valence-corrected chi connectivity index (χ1v) is 5.70. The molecule has 4 heteroatoms. The average Bonchev–Trinajstić information content (AvgIpc) is 2.21. The largest absolute Gasteiger partial charge is 0.463 e. The van der Waals surface area contributed by atoms with E-state index in [9.17, 15) is 4.79 Å². The normalized spacial score (nSPS) is 11.1. The Kier molecular flexibility index (Phi) is 5.05. The topological polar surface area (TPSA) is 35.5 Å². The van der Waals surface area contributed by atoms with E-state index in [1.807, 2.05) is 24.3 Å². The van der Waals surface area contributed by atoms with E-state index in [-0.39, 0.29) is 0 Å². The number of carbonyl (C=O) groups is 1. The van der Waals surface area contributed by atoms with Crippen LogP contribution >= 0.6 is 15.9 Å². The lowest BCUT2D eigenvalue weighted by Gasteiger charge is -2.07. The molecule has 0 bridgehead atoms. The van der Waals surface area contributed by atoms with Crippen molar-refractivity contribution in [1.29, 1.82) is 0 Å². The van der Waals surface area contributed by atoms with E-state index < -0.39 is 5.97 Å². The molecule has 1 rings (SSSR count). The molecule has 0 aromatic heterocycles. The van der Waals surface area contributed by atoms with Crippen molar-refractivity contribution in [1.82, 2.24) is 0 Å². The van der Waals surface area contributed by atoms with Gasteiger partial charge in [0.1, 0.15) is 11.5 Å². The second kappa shape index (κ2) is 6.33. The Morgan fingerprint density at radius 3 is 2.75 bits per heavy atom. The number of esters is 1. The van der Waals surface area contributed by atoms with Crippen LogP contribution in [0.25, 0.3) is 0 Å². The van der Waals surface area contributed by atoms with Gasteiger partial charge >= 0.3 is 5.97 Å². The number of benzene rings is 1. The fraction of sp³-hybridized carbons (Fsp3) is 0.250. The zero-order chi connectivity index (χ0) is 12.0. The van der Waals surface area contributed by atoms with Crippen LogP contribution in [0.1, 0.15) is 13.8 Å². The predicted molar refractivity (Wildman–Crippen MR) is 65.2 cm³/mol. The fourth-order valence-electron chi connectivity index (χ4n) is 1.08. The number of allylic oxidation sites excluding steroid dienone is 1. The lowest BCUT2D eigenvalue weighted by Crippen LogP contribution is -2.02. The minimum atomic E-state index is -0.396. The zero-order valence-electron chi connectivity index (χ0n) is 9.20. The summed E-state index contributed by atoms with van der Waals surface area (Å²) in [5.74, 6) is 0.762. The Hall–Kier alpha value is -1.29. The summed E-state index contributed by atoms with van der Waals surface area (Å²) in [5, 5.41) is 0. The summed E-state index contributed by atoms with van der Waals surface area (Å²) in [7, 11) is 0. The van der Waals surface area contributed by atoms with Gasteiger partial charge in [-0.3, -0.25) is 0 Å². The maximum Gasteiger partial charge on any atom is 0.334 e. The second-order valence-corrected chi connectivity index (χ2v) is 3.89. The summed E-state index contributed by atoms with van der Waals surface area (Å²) in [5.41, 5.74) is 0. The smallest absolute Gasteiger partial charge is 0.334 e. The number of hydrogen-bond donors (Lipinski definition) is 0. The Morgan fingerprint density at radius 2 is 2.12 bits per heavy atom. The number of halogens is 1. The third-order valence-corrected chi connectivity index (χ3v) is 2.37. The van der Waals surface area contributed by atoms with Crippen molar-refractivity contribution >= 4 is 21.9 Å². The average molecular weight is 285 g/mol. The van der Waals surface area contributed by atoms with E-state index in [0.29, 0.717) is 18.1 Å². The predicted octanol–water partition coefficient (Wildman–Crippen LogP) is 3.29. The number of carbonyl (C=O) groups excluding carboxylic acids is 1. The van der Waals surface area contributed by atoms with Gasteiger partial charge in [0, 0.05) is 0 Å². The lowest BCUT2D eigenvalue weighted by atomic mass is 10.3. The van der Waals surface area contributed by atoms with Crippen molar-refractivity contribution in [3.05, 3.63) is 40.6 Å². The van der Waals surface area contributed by atoms with Gasteiger partial charge in [-0.2, -0.15) is 0 Å². The summed E-state index contributed by atoms with van der Waals surface area (Å²) in [6.07, 6.45) is 1.32. The monoisotopic (exact) mass is 284 g/mol. The van der Waals surface area contributed by atoms with Gasteiger partial charge in [-0.25, -0.2) is 4.79 Å². The van der Waals surface area contributed by atoms with Gasteiger partial charge in [-0.15, -0.1) is 0 Å². The maximum atomic E-state index is 11.1. The third-order valence-electron chi connectivity index (χ3n) is 1.72. The Labute approximate surface area is 103 Å². The molecule has 0 unspecified atom stereocenters. The van der Waals surface area contributed by atoms with E-state index in [1.165, 1.54) is 6.08 Å². The molecule has 0 aliphatic carbocycles. The number of ether oxygens (including phenoxy) is 2. The van der Waals surface area contributed by atoms with Gasteiger partial charge in [0.2, 0.25) is 0 Å². The van der Waals surface area contributed by atoms with Crippen LogP contribution in [0.15, 0.2) is 40.6 Å². The van der Waals surface area contributed by atoms with Crippen LogP contribution in [-0.4, -0.2) is 12.6 Å². The van der Waals surface area contributed by atoms with Crippen LogP contribution in [0.2, 0.25) is 0 Å². The van der Waals surface area contributed by atoms with Crippen molar-refractivity contribution in [3.63, 3.8) is 0 Å². The standard InChI is InChI=1S/C12H13BrO3/c1-3-15-12(14)8-9(2)16-11-7-5-4-6-10(11)13/h4-8H,3H2,1-2H3/b9-8-. The summed E-state index contributed by atoms with van der Waals surface area (Å²) >= 11 is 3.35. The van der Waals surface area contributed by atoms with Crippen molar-refractivity contribution in [2.45, 2.75) is 13.8 Å². The molecule has 3 nitrogen and oxygen atoms in total. The van der Waals surface area contributed by atoms with Crippen molar-refractivity contribution in [2.75, 3.05) is 6.61 Å². The zero-order valence-corrected chi connectivity index (χ0v) is 10.8. The first kappa shape index (κ1) is 12.8. The molecule has 86 valence electrons. The number of para-hydroxylation sites is 1. The first-order valence-electron chi connectivity index (χ1n) is 4.91. The molecule has 0 heterocycles. The molecule has 1 aromatic rings. The van der Waals surface area contributed by atoms with Gasteiger partial charge in [0.25, 0.3) is 0 Å². The van der Waals surface area contributed by atoms with Gasteiger partial charge in [0.15, 0.2) is 0 Å². The fourth-order valence-corrected chi connectivity index (χ4v) is 1.45. The number of rotatable bonds is 4. The molecule has 0 radical (unpaired) electrons. The highest BCUT2D eigenvalue weighted by molar-refractivity contribution is 9.10. The van der Waals surface area contributed by atoms with Gasteiger partial charge < -0.3 is 9.47 Å². The molecule has 0 spiro atoms. The highest BCUT2D eigenvalue weighted by atomic mass is 79.9. The quantitative estimate of drug-likeness (QED) is 0.484. The Bertz CT molecular complexity index is 399. The van der Waals surface area contributed by atoms with E-state index in [0.717, 1.165) is 4.47 Å². The Morgan fingerprint density at radius 1 is 1.44 bits per heavy atom. The first-order chi connectivity index (χ1) is 7.63. The summed E-state index contributed by atoms with van der Waals surface area (Å²) in [6, 6.07) is 7.43. The molecular weight excluding hydrogens is 272 g/mol. The number of hydrogen-bond acceptors (Lipinski definition) is 3. The van der Waals surface area contributed by atoms with Gasteiger partial charge in [-0.05, 0) is 41.9 Å². The van der Waals surface area contributed by atoms with Crippen molar-refractivity contribution in [2.24, 2.45) is 0 Å². The molecule has 1 aromatic carbocycles. The molecule has 16 heavy (non-hydrogen) atoms. The van der Waals surface area contributed by atoms with Crippen LogP contribution in [-0.2, 0) is 9.53 Å². The maximum absolute atomic E-state index is 11.1. The molecule has 0 aliphatic heterocycles. The minimum Gasteiger partial charge on any atom is -0.463 e. The summed E-state index contributed by atoms with van der Waals surface area (Å²) < 4.78 is 11.1. The SMILES string of the molecule is CCOC(=O)/C=C(/C)Oc1ccccc1Br. The molecule has 0 aliphatic rings. The van der Waals surface area contributed by atoms with Crippen LogP contribution in [0.4, 0.5) is 0 Å². The van der Waals surface area contributed by atoms with E-state index in [2.05, 4.69) is 15.9 Å². The molecule has 0 atom stereocenters. The van der Waals surface area contributed by atoms with Gasteiger partial charge in [-0.1, -0.05) is 12.1 Å².